The maximum atomic E-state index is 5.32. The van der Waals surface area contributed by atoms with E-state index in [1.165, 1.54) is 11.1 Å². The van der Waals surface area contributed by atoms with Gasteiger partial charge >= 0.3 is 0 Å². The van der Waals surface area contributed by atoms with E-state index in [9.17, 15) is 0 Å². The highest BCUT2D eigenvalue weighted by Gasteiger charge is 2.32. The first-order valence-electron chi connectivity index (χ1n) is 5.76. The van der Waals surface area contributed by atoms with Crippen LogP contribution >= 0.6 is 0 Å². The Morgan fingerprint density at radius 1 is 0.875 bits per heavy atom. The van der Waals surface area contributed by atoms with Gasteiger partial charge < -0.3 is 4.74 Å². The Morgan fingerprint density at radius 3 is 2.00 bits per heavy atom. The highest BCUT2D eigenvalue weighted by atomic mass is 16.5. The Labute approximate surface area is 98.1 Å². The third kappa shape index (κ3) is 1.64. The number of allylic oxidation sites excluding steroid dienone is 2. The third-order valence-corrected chi connectivity index (χ3v) is 3.53. The largest absolute Gasteiger partial charge is 0.497 e. The van der Waals surface area contributed by atoms with Crippen LogP contribution in [0.2, 0.25) is 0 Å². The quantitative estimate of drug-likeness (QED) is 0.648. The Balaban J connectivity index is 2.65. The van der Waals surface area contributed by atoms with Crippen molar-refractivity contribution in [2.45, 2.75) is 38.5 Å². The minimum Gasteiger partial charge on any atom is -0.497 e. The molecule has 1 heteroatoms. The molecular formula is C15H20O. The number of methoxy groups -OCH3 is 1. The van der Waals surface area contributed by atoms with Crippen molar-refractivity contribution in [1.82, 2.24) is 0 Å². The standard InChI is InChI=1S/C15H20O/c1-14(2)8-9-15(3,4)13-10-11(16-5)6-7-12(13)14/h6-10H,1-5H3. The van der Waals surface area contributed by atoms with Gasteiger partial charge in [-0.15, -0.1) is 0 Å². The summed E-state index contributed by atoms with van der Waals surface area (Å²) in [7, 11) is 1.72. The smallest absolute Gasteiger partial charge is 0.119 e. The van der Waals surface area contributed by atoms with Crippen LogP contribution in [0.15, 0.2) is 30.4 Å². The van der Waals surface area contributed by atoms with Crippen molar-refractivity contribution in [3.05, 3.63) is 41.5 Å². The van der Waals surface area contributed by atoms with Crippen LogP contribution in [-0.4, -0.2) is 7.11 Å². The van der Waals surface area contributed by atoms with E-state index >= 15 is 0 Å². The van der Waals surface area contributed by atoms with E-state index in [1.807, 2.05) is 0 Å². The second kappa shape index (κ2) is 3.38. The fraction of sp³-hybridized carbons (Fsp3) is 0.467. The second-order valence-corrected chi connectivity index (χ2v) is 5.69. The summed E-state index contributed by atoms with van der Waals surface area (Å²) in [6.07, 6.45) is 4.61. The van der Waals surface area contributed by atoms with E-state index < -0.39 is 0 Å². The van der Waals surface area contributed by atoms with Gasteiger partial charge in [-0.1, -0.05) is 45.9 Å². The summed E-state index contributed by atoms with van der Waals surface area (Å²) in [6, 6.07) is 6.41. The number of fused-ring (bicyclic) bond motifs is 1. The molecule has 1 aliphatic carbocycles. The van der Waals surface area contributed by atoms with Gasteiger partial charge in [0.15, 0.2) is 0 Å². The van der Waals surface area contributed by atoms with Crippen LogP contribution in [0.3, 0.4) is 0 Å². The first-order valence-corrected chi connectivity index (χ1v) is 5.76. The van der Waals surface area contributed by atoms with Crippen LogP contribution in [0, 0.1) is 0 Å². The highest BCUT2D eigenvalue weighted by Crippen LogP contribution is 2.42. The monoisotopic (exact) mass is 216 g/mol. The van der Waals surface area contributed by atoms with Crippen molar-refractivity contribution in [3.63, 3.8) is 0 Å². The lowest BCUT2D eigenvalue weighted by Gasteiger charge is -2.36. The van der Waals surface area contributed by atoms with Crippen LogP contribution in [0.5, 0.6) is 5.75 Å². The molecule has 1 aliphatic rings. The van der Waals surface area contributed by atoms with Crippen LogP contribution in [-0.2, 0) is 10.8 Å². The number of hydrogen-bond acceptors (Lipinski definition) is 1. The molecule has 0 unspecified atom stereocenters. The summed E-state index contributed by atoms with van der Waals surface area (Å²) < 4.78 is 5.32. The van der Waals surface area contributed by atoms with Crippen LogP contribution < -0.4 is 4.74 Å². The molecule has 0 aliphatic heterocycles. The molecule has 86 valence electrons. The van der Waals surface area contributed by atoms with E-state index in [0.717, 1.165) is 5.75 Å². The van der Waals surface area contributed by atoms with E-state index in [0.29, 0.717) is 0 Å². The minimum absolute atomic E-state index is 0.0966. The molecule has 0 N–H and O–H groups in total. The molecule has 1 aromatic carbocycles. The molecule has 0 aromatic heterocycles. The van der Waals surface area contributed by atoms with Gasteiger partial charge in [-0.2, -0.15) is 0 Å². The summed E-state index contributed by atoms with van der Waals surface area (Å²) in [4.78, 5) is 0. The first-order chi connectivity index (χ1) is 7.37. The average molecular weight is 216 g/mol. The lowest BCUT2D eigenvalue weighted by atomic mass is 9.68. The SMILES string of the molecule is COc1ccc2c(c1)C(C)(C)C=CC2(C)C. The second-order valence-electron chi connectivity index (χ2n) is 5.69. The Hall–Kier alpha value is -1.24. The third-order valence-electron chi connectivity index (χ3n) is 3.53. The van der Waals surface area contributed by atoms with E-state index in [4.69, 9.17) is 4.74 Å². The molecule has 0 heterocycles. The molecule has 1 nitrogen and oxygen atoms in total. The highest BCUT2D eigenvalue weighted by molar-refractivity contribution is 5.50. The molecule has 0 radical (unpaired) electrons. The van der Waals surface area contributed by atoms with Gasteiger partial charge in [0.1, 0.15) is 5.75 Å². The maximum absolute atomic E-state index is 5.32. The van der Waals surface area contributed by atoms with E-state index in [1.54, 1.807) is 7.11 Å². The zero-order chi connectivity index (χ0) is 12.0. The summed E-state index contributed by atoms with van der Waals surface area (Å²) in [5, 5.41) is 0. The zero-order valence-corrected chi connectivity index (χ0v) is 10.8. The van der Waals surface area contributed by atoms with Crippen molar-refractivity contribution in [3.8, 4) is 5.75 Å². The molecular weight excluding hydrogens is 196 g/mol. The van der Waals surface area contributed by atoms with Gasteiger partial charge in [0.25, 0.3) is 0 Å². The lowest BCUT2D eigenvalue weighted by Crippen LogP contribution is -2.28. The Kier molecular flexibility index (Phi) is 2.37. The molecule has 0 saturated carbocycles. The summed E-state index contributed by atoms with van der Waals surface area (Å²) in [5.41, 5.74) is 3.00. The van der Waals surface area contributed by atoms with Crippen molar-refractivity contribution in [2.75, 3.05) is 7.11 Å². The van der Waals surface area contributed by atoms with Gasteiger partial charge in [0.2, 0.25) is 0 Å². The Bertz CT molecular complexity index is 439. The van der Waals surface area contributed by atoms with Crippen LogP contribution in [0.1, 0.15) is 38.8 Å². The molecule has 0 saturated heterocycles. The zero-order valence-electron chi connectivity index (χ0n) is 10.8. The number of hydrogen-bond donors (Lipinski definition) is 0. The summed E-state index contributed by atoms with van der Waals surface area (Å²) >= 11 is 0. The molecule has 0 amide bonds. The van der Waals surface area contributed by atoms with Crippen LogP contribution in [0.25, 0.3) is 0 Å². The van der Waals surface area contributed by atoms with E-state index in [2.05, 4.69) is 58.0 Å². The fourth-order valence-corrected chi connectivity index (χ4v) is 2.34. The van der Waals surface area contributed by atoms with Crippen molar-refractivity contribution >= 4 is 0 Å². The normalized spacial score (nSPS) is 20.3. The van der Waals surface area contributed by atoms with Gasteiger partial charge in [0, 0.05) is 10.8 Å². The summed E-state index contributed by atoms with van der Waals surface area (Å²) in [5.74, 6) is 0.943. The first kappa shape index (κ1) is 11.3. The molecule has 0 bridgehead atoms. The van der Waals surface area contributed by atoms with Gasteiger partial charge in [0.05, 0.1) is 7.11 Å². The summed E-state index contributed by atoms with van der Waals surface area (Å²) in [6.45, 7) is 9.00. The average Bonchev–Trinajstić information content (AvgIpc) is 2.24. The lowest BCUT2D eigenvalue weighted by molar-refractivity contribution is 0.412. The molecule has 16 heavy (non-hydrogen) atoms. The molecule has 0 spiro atoms. The molecule has 2 rings (SSSR count). The number of rotatable bonds is 1. The number of benzene rings is 1. The minimum atomic E-state index is 0.0966. The topological polar surface area (TPSA) is 9.23 Å². The van der Waals surface area contributed by atoms with Crippen molar-refractivity contribution < 1.29 is 4.74 Å². The molecule has 0 fully saturated rings. The molecule has 1 aromatic rings. The van der Waals surface area contributed by atoms with Crippen molar-refractivity contribution in [2.24, 2.45) is 0 Å². The van der Waals surface area contributed by atoms with Gasteiger partial charge in [-0.25, -0.2) is 0 Å². The predicted molar refractivity (Wildman–Crippen MR) is 68.2 cm³/mol. The van der Waals surface area contributed by atoms with Gasteiger partial charge in [-0.05, 0) is 23.3 Å². The van der Waals surface area contributed by atoms with E-state index in [-0.39, 0.29) is 10.8 Å². The predicted octanol–water partition coefficient (Wildman–Crippen LogP) is 3.82. The van der Waals surface area contributed by atoms with Crippen molar-refractivity contribution in [1.29, 1.82) is 0 Å². The van der Waals surface area contributed by atoms with Gasteiger partial charge in [-0.3, -0.25) is 0 Å². The maximum Gasteiger partial charge on any atom is 0.119 e. The fourth-order valence-electron chi connectivity index (χ4n) is 2.34. The number of ether oxygens (including phenoxy) is 1. The Morgan fingerprint density at radius 2 is 1.44 bits per heavy atom. The molecule has 0 atom stereocenters. The van der Waals surface area contributed by atoms with Crippen LogP contribution in [0.4, 0.5) is 0 Å².